The van der Waals surface area contributed by atoms with E-state index < -0.39 is 15.8 Å². The van der Waals surface area contributed by atoms with Gasteiger partial charge < -0.3 is 0 Å². The van der Waals surface area contributed by atoms with Crippen LogP contribution in [0.5, 0.6) is 0 Å². The van der Waals surface area contributed by atoms with Gasteiger partial charge in [-0.25, -0.2) is 0 Å². The van der Waals surface area contributed by atoms with Gasteiger partial charge in [0.2, 0.25) is 0 Å². The normalized spacial score (nSPS) is 15.5. The topological polar surface area (TPSA) is 0 Å². The van der Waals surface area contributed by atoms with E-state index >= 15 is 0 Å². The zero-order valence-electron chi connectivity index (χ0n) is 29.2. The van der Waals surface area contributed by atoms with Gasteiger partial charge in [-0.2, -0.15) is 0 Å². The van der Waals surface area contributed by atoms with E-state index in [1.165, 1.54) is 76.2 Å². The highest BCUT2D eigenvalue weighted by Gasteiger charge is 2.38. The van der Waals surface area contributed by atoms with Crippen molar-refractivity contribution in [2.24, 2.45) is 0 Å². The Balaban J connectivity index is 1.44. The van der Waals surface area contributed by atoms with Gasteiger partial charge in [0.05, 0.1) is 0 Å². The van der Waals surface area contributed by atoms with Crippen molar-refractivity contribution in [3.63, 3.8) is 0 Å². The molecule has 0 nitrogen and oxygen atoms in total. The zero-order chi connectivity index (χ0) is 34.2. The first-order valence-corrected chi connectivity index (χ1v) is 20.3. The Bertz CT molecular complexity index is 2210. The summed E-state index contributed by atoms with van der Waals surface area (Å²) in [5, 5.41) is 9.75. The molecule has 0 fully saturated rings. The van der Waals surface area contributed by atoms with E-state index in [1.807, 2.05) is 0 Å². The minimum absolute atomic E-state index is 0.159. The Labute approximate surface area is 300 Å². The third-order valence-corrected chi connectivity index (χ3v) is 15.4. The number of benzene rings is 7. The molecule has 0 amide bonds. The van der Waals surface area contributed by atoms with Crippen molar-refractivity contribution < 1.29 is 0 Å². The van der Waals surface area contributed by atoms with Crippen molar-refractivity contribution in [1.82, 2.24) is 0 Å². The molecule has 0 saturated heterocycles. The van der Waals surface area contributed by atoms with E-state index in [-0.39, 0.29) is 11.6 Å². The second-order valence-corrected chi connectivity index (χ2v) is 18.3. The molecule has 8 rings (SSSR count). The molecule has 2 unspecified atom stereocenters. The number of hydrogen-bond donors (Lipinski definition) is 0. The monoisotopic (exact) mass is 680 g/mol. The maximum atomic E-state index is 2.56. The largest absolute Gasteiger partial charge is 0.0749 e. The summed E-state index contributed by atoms with van der Waals surface area (Å²) in [6.07, 6.45) is 4.96. The van der Waals surface area contributed by atoms with Crippen molar-refractivity contribution in [3.05, 3.63) is 203 Å². The molecule has 0 radical (unpaired) electrons. The standard InChI is InChI=1S/C48H42P2/c1-33-13-23-39(24-14-33)49(40-25-15-34(2)16-26-40)45-31-21-37-9-5-7-11-43(37)47(45)48-44-12-8-6-10-38(44)22-32-46(48)50(41-27-17-35(3)18-28-41)42-29-19-36(4)20-30-42/h5-32,45,47H,1-4H3. The first-order chi connectivity index (χ1) is 24.4. The fourth-order valence-corrected chi connectivity index (χ4v) is 12.8. The second kappa shape index (κ2) is 14.0. The Morgan fingerprint density at radius 2 is 0.920 bits per heavy atom. The Morgan fingerprint density at radius 1 is 0.440 bits per heavy atom. The fraction of sp³-hybridized carbons (Fsp3) is 0.125. The average molecular weight is 681 g/mol. The molecule has 50 heavy (non-hydrogen) atoms. The third-order valence-electron chi connectivity index (χ3n) is 10.2. The Morgan fingerprint density at radius 3 is 1.48 bits per heavy atom. The lowest BCUT2D eigenvalue weighted by Gasteiger charge is -2.39. The van der Waals surface area contributed by atoms with Crippen molar-refractivity contribution in [3.8, 4) is 0 Å². The number of aryl methyl sites for hydroxylation is 4. The van der Waals surface area contributed by atoms with E-state index in [0.717, 1.165) is 0 Å². The number of fused-ring (bicyclic) bond motifs is 2. The van der Waals surface area contributed by atoms with Crippen LogP contribution in [-0.4, -0.2) is 5.66 Å². The van der Waals surface area contributed by atoms with Gasteiger partial charge in [-0.3, -0.25) is 0 Å². The van der Waals surface area contributed by atoms with Crippen LogP contribution in [0.3, 0.4) is 0 Å². The fourth-order valence-electron chi connectivity index (χ4n) is 7.53. The van der Waals surface area contributed by atoms with Gasteiger partial charge in [-0.05, 0) is 97.5 Å². The summed E-state index contributed by atoms with van der Waals surface area (Å²) in [4.78, 5) is 0. The molecule has 244 valence electrons. The summed E-state index contributed by atoms with van der Waals surface area (Å²) < 4.78 is 0. The van der Waals surface area contributed by atoms with E-state index in [1.54, 1.807) is 0 Å². The van der Waals surface area contributed by atoms with Crippen LogP contribution < -0.4 is 26.5 Å². The maximum absolute atomic E-state index is 2.56. The molecule has 7 aromatic rings. The molecule has 7 aromatic carbocycles. The molecule has 2 heteroatoms. The van der Waals surface area contributed by atoms with Gasteiger partial charge in [0.25, 0.3) is 0 Å². The third kappa shape index (κ3) is 6.29. The van der Waals surface area contributed by atoms with Crippen LogP contribution in [0.25, 0.3) is 16.8 Å². The van der Waals surface area contributed by atoms with Crippen molar-refractivity contribution in [1.29, 1.82) is 0 Å². The summed E-state index contributed by atoms with van der Waals surface area (Å²) in [7, 11) is -1.62. The van der Waals surface area contributed by atoms with E-state index in [2.05, 4.69) is 198 Å². The first kappa shape index (κ1) is 32.6. The van der Waals surface area contributed by atoms with Gasteiger partial charge in [0.15, 0.2) is 0 Å². The second-order valence-electron chi connectivity index (χ2n) is 13.7. The first-order valence-electron chi connectivity index (χ1n) is 17.6. The lowest BCUT2D eigenvalue weighted by atomic mass is 9.80. The van der Waals surface area contributed by atoms with Crippen LogP contribution >= 0.6 is 15.8 Å². The molecule has 2 atom stereocenters. The molecule has 1 aliphatic rings. The minimum atomic E-state index is -0.851. The highest BCUT2D eigenvalue weighted by Crippen LogP contribution is 2.54. The Hall–Kier alpha value is -4.60. The number of allylic oxidation sites excluding steroid dienone is 1. The number of hydrogen-bond acceptors (Lipinski definition) is 0. The van der Waals surface area contributed by atoms with Gasteiger partial charge in [-0.1, -0.05) is 192 Å². The quantitative estimate of drug-likeness (QED) is 0.147. The summed E-state index contributed by atoms with van der Waals surface area (Å²) in [5.74, 6) is 0.159. The van der Waals surface area contributed by atoms with Gasteiger partial charge in [0.1, 0.15) is 0 Å². The predicted octanol–water partition coefficient (Wildman–Crippen LogP) is 10.5. The van der Waals surface area contributed by atoms with Gasteiger partial charge in [0, 0.05) is 11.6 Å². The SMILES string of the molecule is Cc1ccc(P(c2ccc(C)cc2)c2ccc3ccccc3c2C2c3ccccc3C=CC2P(c2ccc(C)cc2)c2ccc(C)cc2)cc1. The molecular weight excluding hydrogens is 638 g/mol. The van der Waals surface area contributed by atoms with Crippen LogP contribution in [0.15, 0.2) is 164 Å². The molecule has 0 bridgehead atoms. The van der Waals surface area contributed by atoms with Crippen molar-refractivity contribution in [2.75, 3.05) is 0 Å². The summed E-state index contributed by atoms with van der Waals surface area (Å²) >= 11 is 0. The van der Waals surface area contributed by atoms with Crippen LogP contribution in [0, 0.1) is 27.7 Å². The highest BCUT2D eigenvalue weighted by molar-refractivity contribution is 7.80. The summed E-state index contributed by atoms with van der Waals surface area (Å²) in [6.45, 7) is 8.76. The smallest absolute Gasteiger partial charge is 0.0216 e. The summed E-state index contributed by atoms with van der Waals surface area (Å²) in [5.41, 5.74) is 9.65. The van der Waals surface area contributed by atoms with Gasteiger partial charge in [-0.15, -0.1) is 0 Å². The molecule has 1 aliphatic carbocycles. The maximum Gasteiger partial charge on any atom is 0.0216 e. The molecule has 0 heterocycles. The van der Waals surface area contributed by atoms with E-state index in [0.29, 0.717) is 0 Å². The Kier molecular flexibility index (Phi) is 9.10. The molecule has 0 saturated carbocycles. The average Bonchev–Trinajstić information content (AvgIpc) is 3.15. The molecular formula is C48H42P2. The molecule has 0 aliphatic heterocycles. The van der Waals surface area contributed by atoms with Crippen LogP contribution in [0.1, 0.15) is 44.9 Å². The molecule has 0 N–H and O–H groups in total. The predicted molar refractivity (Wildman–Crippen MR) is 222 cm³/mol. The lowest BCUT2D eigenvalue weighted by Crippen LogP contribution is -2.33. The van der Waals surface area contributed by atoms with Crippen LogP contribution in [0.4, 0.5) is 0 Å². The lowest BCUT2D eigenvalue weighted by molar-refractivity contribution is 0.842. The molecule has 0 aromatic heterocycles. The van der Waals surface area contributed by atoms with E-state index in [4.69, 9.17) is 0 Å². The summed E-state index contributed by atoms with van der Waals surface area (Å²) in [6, 6.07) is 60.5. The number of rotatable bonds is 7. The zero-order valence-corrected chi connectivity index (χ0v) is 31.0. The van der Waals surface area contributed by atoms with Crippen molar-refractivity contribution in [2.45, 2.75) is 39.3 Å². The van der Waals surface area contributed by atoms with E-state index in [9.17, 15) is 0 Å². The highest BCUT2D eigenvalue weighted by atomic mass is 31.1. The van der Waals surface area contributed by atoms with Crippen molar-refractivity contribution >= 4 is 59.2 Å². The van der Waals surface area contributed by atoms with Crippen LogP contribution in [-0.2, 0) is 0 Å². The van der Waals surface area contributed by atoms with Gasteiger partial charge >= 0.3 is 0 Å². The molecule has 0 spiro atoms. The van der Waals surface area contributed by atoms with Crippen LogP contribution in [0.2, 0.25) is 0 Å². The minimum Gasteiger partial charge on any atom is -0.0749 e.